The summed E-state index contributed by atoms with van der Waals surface area (Å²) in [5.41, 5.74) is 3.38. The summed E-state index contributed by atoms with van der Waals surface area (Å²) in [6.07, 6.45) is 0. The van der Waals surface area contributed by atoms with Gasteiger partial charge in [-0.15, -0.1) is 5.10 Å². The van der Waals surface area contributed by atoms with Crippen molar-refractivity contribution < 1.29 is 0 Å². The third-order valence-corrected chi connectivity index (χ3v) is 2.71. The maximum absolute atomic E-state index is 4.00. The first kappa shape index (κ1) is 7.97. The predicted molar refractivity (Wildman–Crippen MR) is 56.2 cm³/mol. The average Bonchev–Trinajstić information content (AvgIpc) is 2.47. The molecule has 0 fully saturated rings. The smallest absolute Gasteiger partial charge is 0.113 e. The van der Waals surface area contributed by atoms with E-state index in [1.54, 1.807) is 4.68 Å². The lowest BCUT2D eigenvalue weighted by Gasteiger charge is -1.95. The molecule has 3 nitrogen and oxygen atoms in total. The summed E-state index contributed by atoms with van der Waals surface area (Å²) >= 11 is 2.35. The summed E-state index contributed by atoms with van der Waals surface area (Å²) in [4.78, 5) is 0. The second-order valence-corrected chi connectivity index (χ2v) is 3.43. The molecule has 2 rings (SSSR count). The van der Waals surface area contributed by atoms with Crippen molar-refractivity contribution in [2.75, 3.05) is 0 Å². The van der Waals surface area contributed by atoms with Crippen LogP contribution in [0, 0.1) is 0 Å². The SMILES string of the molecule is Cn1nnc2ccc(CI)cc21. The average molecular weight is 273 g/mol. The van der Waals surface area contributed by atoms with Gasteiger partial charge >= 0.3 is 0 Å². The van der Waals surface area contributed by atoms with Gasteiger partial charge in [0.2, 0.25) is 0 Å². The zero-order valence-electron chi connectivity index (χ0n) is 6.66. The van der Waals surface area contributed by atoms with E-state index in [4.69, 9.17) is 0 Å². The van der Waals surface area contributed by atoms with Gasteiger partial charge in [0.25, 0.3) is 0 Å². The third-order valence-electron chi connectivity index (χ3n) is 1.83. The molecule has 0 bridgehead atoms. The highest BCUT2D eigenvalue weighted by atomic mass is 127. The lowest BCUT2D eigenvalue weighted by atomic mass is 10.2. The molecule has 0 amide bonds. The van der Waals surface area contributed by atoms with Crippen molar-refractivity contribution in [3.63, 3.8) is 0 Å². The minimum Gasteiger partial charge on any atom is -0.248 e. The number of nitrogens with zero attached hydrogens (tertiary/aromatic N) is 3. The van der Waals surface area contributed by atoms with Crippen molar-refractivity contribution in [1.29, 1.82) is 0 Å². The van der Waals surface area contributed by atoms with Gasteiger partial charge < -0.3 is 0 Å². The van der Waals surface area contributed by atoms with Crippen molar-refractivity contribution >= 4 is 33.6 Å². The van der Waals surface area contributed by atoms with Gasteiger partial charge in [0.15, 0.2) is 0 Å². The lowest BCUT2D eigenvalue weighted by Crippen LogP contribution is -1.89. The van der Waals surface area contributed by atoms with Crippen LogP contribution in [-0.4, -0.2) is 15.0 Å². The molecule has 62 valence electrons. The summed E-state index contributed by atoms with van der Waals surface area (Å²) in [6, 6.07) is 6.22. The molecule has 0 aliphatic rings. The van der Waals surface area contributed by atoms with Crippen molar-refractivity contribution in [3.8, 4) is 0 Å². The van der Waals surface area contributed by atoms with Crippen LogP contribution in [0.1, 0.15) is 5.56 Å². The fourth-order valence-electron chi connectivity index (χ4n) is 1.16. The summed E-state index contributed by atoms with van der Waals surface area (Å²) < 4.78 is 2.82. The van der Waals surface area contributed by atoms with Crippen LogP contribution in [0.5, 0.6) is 0 Å². The first-order chi connectivity index (χ1) is 5.81. The number of hydrogen-bond donors (Lipinski definition) is 0. The first-order valence-electron chi connectivity index (χ1n) is 3.65. The monoisotopic (exact) mass is 273 g/mol. The molecule has 0 aliphatic carbocycles. The fraction of sp³-hybridized carbons (Fsp3) is 0.250. The number of aromatic nitrogens is 3. The van der Waals surface area contributed by atoms with Crippen LogP contribution in [0.2, 0.25) is 0 Å². The highest BCUT2D eigenvalue weighted by molar-refractivity contribution is 14.1. The zero-order chi connectivity index (χ0) is 8.55. The van der Waals surface area contributed by atoms with Gasteiger partial charge in [-0.05, 0) is 17.7 Å². The third kappa shape index (κ3) is 1.20. The fourth-order valence-corrected chi connectivity index (χ4v) is 1.63. The van der Waals surface area contributed by atoms with Crippen LogP contribution < -0.4 is 0 Å². The van der Waals surface area contributed by atoms with E-state index in [9.17, 15) is 0 Å². The van der Waals surface area contributed by atoms with Gasteiger partial charge in [-0.25, -0.2) is 4.68 Å². The molecule has 1 aromatic heterocycles. The van der Waals surface area contributed by atoms with Crippen LogP contribution in [0.3, 0.4) is 0 Å². The molecular weight excluding hydrogens is 265 g/mol. The van der Waals surface area contributed by atoms with Crippen molar-refractivity contribution in [2.24, 2.45) is 7.05 Å². The standard InChI is InChI=1S/C8H8IN3/c1-12-8-4-6(5-9)2-3-7(8)10-11-12/h2-4H,5H2,1H3. The molecule has 0 unspecified atom stereocenters. The summed E-state index contributed by atoms with van der Waals surface area (Å²) in [7, 11) is 1.91. The maximum Gasteiger partial charge on any atom is 0.113 e. The Balaban J connectivity index is 2.71. The number of alkyl halides is 1. The minimum atomic E-state index is 0.964. The van der Waals surface area contributed by atoms with Gasteiger partial charge in [-0.2, -0.15) is 0 Å². The molecule has 0 aliphatic heterocycles. The number of aryl methyl sites for hydroxylation is 1. The second-order valence-electron chi connectivity index (χ2n) is 2.67. The largest absolute Gasteiger partial charge is 0.248 e. The van der Waals surface area contributed by atoms with Gasteiger partial charge in [-0.3, -0.25) is 0 Å². The highest BCUT2D eigenvalue weighted by Gasteiger charge is 2.00. The molecule has 4 heteroatoms. The van der Waals surface area contributed by atoms with Gasteiger partial charge in [-0.1, -0.05) is 33.9 Å². The number of benzene rings is 1. The van der Waals surface area contributed by atoms with E-state index in [2.05, 4.69) is 45.0 Å². The molecule has 1 aromatic carbocycles. The van der Waals surface area contributed by atoms with Crippen LogP contribution in [-0.2, 0) is 11.5 Å². The Morgan fingerprint density at radius 2 is 2.33 bits per heavy atom. The second kappa shape index (κ2) is 3.01. The maximum atomic E-state index is 4.00. The molecule has 0 radical (unpaired) electrons. The van der Waals surface area contributed by atoms with E-state index in [1.807, 2.05) is 13.1 Å². The van der Waals surface area contributed by atoms with Crippen LogP contribution in [0.4, 0.5) is 0 Å². The van der Waals surface area contributed by atoms with E-state index >= 15 is 0 Å². The van der Waals surface area contributed by atoms with Crippen molar-refractivity contribution in [3.05, 3.63) is 23.8 Å². The zero-order valence-corrected chi connectivity index (χ0v) is 8.82. The van der Waals surface area contributed by atoms with Crippen LogP contribution >= 0.6 is 22.6 Å². The Labute approximate surface area is 83.9 Å². The molecule has 1 heterocycles. The molecule has 0 spiro atoms. The minimum absolute atomic E-state index is 0.964. The Morgan fingerprint density at radius 1 is 1.50 bits per heavy atom. The Bertz CT molecular complexity index is 408. The van der Waals surface area contributed by atoms with Gasteiger partial charge in [0, 0.05) is 11.5 Å². The molecule has 0 saturated carbocycles. The number of rotatable bonds is 1. The van der Waals surface area contributed by atoms with Crippen LogP contribution in [0.25, 0.3) is 11.0 Å². The highest BCUT2D eigenvalue weighted by Crippen LogP contribution is 2.14. The van der Waals surface area contributed by atoms with E-state index in [0.717, 1.165) is 15.5 Å². The lowest BCUT2D eigenvalue weighted by molar-refractivity contribution is 0.736. The van der Waals surface area contributed by atoms with E-state index in [0.29, 0.717) is 0 Å². The van der Waals surface area contributed by atoms with E-state index < -0.39 is 0 Å². The molecule has 0 atom stereocenters. The number of hydrogen-bond acceptors (Lipinski definition) is 2. The topological polar surface area (TPSA) is 30.7 Å². The van der Waals surface area contributed by atoms with Crippen molar-refractivity contribution in [1.82, 2.24) is 15.0 Å². The number of halogens is 1. The molecular formula is C8H8IN3. The van der Waals surface area contributed by atoms with Crippen LogP contribution in [0.15, 0.2) is 18.2 Å². The van der Waals surface area contributed by atoms with Gasteiger partial charge in [0.05, 0.1) is 5.52 Å². The van der Waals surface area contributed by atoms with Crippen molar-refractivity contribution in [2.45, 2.75) is 4.43 Å². The predicted octanol–water partition coefficient (Wildman–Crippen LogP) is 1.90. The quantitative estimate of drug-likeness (QED) is 0.587. The molecule has 0 N–H and O–H groups in total. The van der Waals surface area contributed by atoms with E-state index in [1.165, 1.54) is 5.56 Å². The molecule has 0 saturated heterocycles. The number of fused-ring (bicyclic) bond motifs is 1. The molecule has 12 heavy (non-hydrogen) atoms. The summed E-state index contributed by atoms with van der Waals surface area (Å²) in [5.74, 6) is 0. The first-order valence-corrected chi connectivity index (χ1v) is 5.18. The molecule has 2 aromatic rings. The Morgan fingerprint density at radius 3 is 3.08 bits per heavy atom. The van der Waals surface area contributed by atoms with E-state index in [-0.39, 0.29) is 0 Å². The van der Waals surface area contributed by atoms with Gasteiger partial charge in [0.1, 0.15) is 5.52 Å². The summed E-state index contributed by atoms with van der Waals surface area (Å²) in [5, 5.41) is 7.94. The normalized spacial score (nSPS) is 10.8. The Hall–Kier alpha value is -0.650. The summed E-state index contributed by atoms with van der Waals surface area (Å²) in [6.45, 7) is 0. The Kier molecular flexibility index (Phi) is 2.00.